The normalized spacial score (nSPS) is 11.4. The van der Waals surface area contributed by atoms with Crippen LogP contribution in [0.25, 0.3) is 0 Å². The molecule has 124 valence electrons. The lowest BCUT2D eigenvalue weighted by atomic mass is 10.3. The van der Waals surface area contributed by atoms with Gasteiger partial charge in [-0.1, -0.05) is 13.0 Å². The third-order valence-electron chi connectivity index (χ3n) is 3.33. The molecule has 0 saturated carbocycles. The molecule has 0 aliphatic heterocycles. The van der Waals surface area contributed by atoms with Crippen molar-refractivity contribution in [3.05, 3.63) is 46.4 Å². The van der Waals surface area contributed by atoms with Crippen molar-refractivity contribution in [2.45, 2.75) is 31.9 Å². The van der Waals surface area contributed by atoms with Gasteiger partial charge in [0.2, 0.25) is 5.82 Å². The van der Waals surface area contributed by atoms with Gasteiger partial charge in [0, 0.05) is 0 Å². The molecule has 0 amide bonds. The molecule has 23 heavy (non-hydrogen) atoms. The van der Waals surface area contributed by atoms with E-state index in [1.165, 1.54) is 22.9 Å². The van der Waals surface area contributed by atoms with E-state index in [1.54, 1.807) is 26.0 Å². The molecule has 2 aromatic rings. The van der Waals surface area contributed by atoms with Gasteiger partial charge in [-0.15, -0.1) is 0 Å². The summed E-state index contributed by atoms with van der Waals surface area (Å²) in [6.45, 7) is 3.74. The number of hydrogen-bond acceptors (Lipinski definition) is 6. The number of nitrogens with zero attached hydrogens (tertiary/aromatic N) is 3. The van der Waals surface area contributed by atoms with Crippen LogP contribution in [0.1, 0.15) is 19.7 Å². The minimum Gasteiger partial charge on any atom is -0.483 e. The average Bonchev–Trinajstić information content (AvgIpc) is 2.96. The molecule has 0 bridgehead atoms. The topological polar surface area (TPSA) is 104 Å². The lowest BCUT2D eigenvalue weighted by Crippen LogP contribution is -2.09. The van der Waals surface area contributed by atoms with Crippen LogP contribution in [0.2, 0.25) is 0 Å². The van der Waals surface area contributed by atoms with Gasteiger partial charge in [0.25, 0.3) is 0 Å². The van der Waals surface area contributed by atoms with Crippen LogP contribution in [0.4, 0.5) is 5.82 Å². The van der Waals surface area contributed by atoms with Crippen LogP contribution in [0.15, 0.2) is 35.4 Å². The Morgan fingerprint density at radius 2 is 2.09 bits per heavy atom. The van der Waals surface area contributed by atoms with Crippen molar-refractivity contribution in [1.82, 2.24) is 9.55 Å². The van der Waals surface area contributed by atoms with Gasteiger partial charge in [0.15, 0.2) is 16.4 Å². The van der Waals surface area contributed by atoms with Gasteiger partial charge in [0.1, 0.15) is 11.9 Å². The molecule has 2 rings (SSSR count). The predicted octanol–water partition coefficient (Wildman–Crippen LogP) is 2.18. The molecule has 0 atom stereocenters. The first-order valence-corrected chi connectivity index (χ1v) is 8.68. The van der Waals surface area contributed by atoms with Crippen LogP contribution in [0, 0.1) is 10.1 Å². The summed E-state index contributed by atoms with van der Waals surface area (Å²) in [6, 6.07) is 6.16. The third-order valence-corrected chi connectivity index (χ3v) is 5.07. The molecule has 0 N–H and O–H groups in total. The molecular weight excluding hydrogens is 322 g/mol. The van der Waals surface area contributed by atoms with E-state index in [1.807, 2.05) is 0 Å². The smallest absolute Gasteiger partial charge is 0.342 e. The second-order valence-electron chi connectivity index (χ2n) is 4.70. The Morgan fingerprint density at radius 1 is 1.35 bits per heavy atom. The molecule has 0 aliphatic carbocycles. The quantitative estimate of drug-likeness (QED) is 0.565. The zero-order valence-electron chi connectivity index (χ0n) is 12.8. The number of ether oxygens (including phenoxy) is 1. The average molecular weight is 339 g/mol. The Balaban J connectivity index is 2.19. The molecule has 0 saturated heterocycles. The first-order valence-electron chi connectivity index (χ1n) is 7.03. The number of benzene rings is 1. The third kappa shape index (κ3) is 3.67. The minimum absolute atomic E-state index is 0.00287. The fraction of sp³-hybridized carbons (Fsp3) is 0.357. The molecule has 0 radical (unpaired) electrons. The van der Waals surface area contributed by atoms with Crippen LogP contribution in [0.3, 0.4) is 0 Å². The highest BCUT2D eigenvalue weighted by molar-refractivity contribution is 7.91. The molecular formula is C14H17N3O5S. The Morgan fingerprint density at radius 3 is 2.70 bits per heavy atom. The van der Waals surface area contributed by atoms with E-state index in [9.17, 15) is 18.5 Å². The number of aromatic nitrogens is 2. The second kappa shape index (κ2) is 6.78. The van der Waals surface area contributed by atoms with Crippen LogP contribution in [-0.4, -0.2) is 28.6 Å². The summed E-state index contributed by atoms with van der Waals surface area (Å²) in [5.41, 5.74) is 0. The van der Waals surface area contributed by atoms with Crippen molar-refractivity contribution in [2.24, 2.45) is 0 Å². The van der Waals surface area contributed by atoms with Gasteiger partial charge >= 0.3 is 5.82 Å². The molecule has 1 aromatic heterocycles. The highest BCUT2D eigenvalue weighted by Gasteiger charge is 2.19. The summed E-state index contributed by atoms with van der Waals surface area (Å²) in [5, 5.41) is 10.9. The minimum atomic E-state index is -3.31. The molecule has 9 heteroatoms. The maximum absolute atomic E-state index is 11.9. The van der Waals surface area contributed by atoms with Crippen LogP contribution in [0.5, 0.6) is 5.75 Å². The fourth-order valence-corrected chi connectivity index (χ4v) is 3.00. The molecule has 8 nitrogen and oxygen atoms in total. The molecule has 1 heterocycles. The van der Waals surface area contributed by atoms with E-state index in [0.29, 0.717) is 18.1 Å². The zero-order valence-corrected chi connectivity index (χ0v) is 13.6. The van der Waals surface area contributed by atoms with E-state index in [4.69, 9.17) is 4.74 Å². The summed E-state index contributed by atoms with van der Waals surface area (Å²) in [7, 11) is -3.31. The predicted molar refractivity (Wildman–Crippen MR) is 83.1 cm³/mol. The van der Waals surface area contributed by atoms with Crippen LogP contribution >= 0.6 is 0 Å². The number of nitro groups is 1. The van der Waals surface area contributed by atoms with E-state index >= 15 is 0 Å². The SMILES string of the molecule is CCn1c([N+](=O)[O-])cnc1COc1cccc(S(=O)(=O)CC)c1. The van der Waals surface area contributed by atoms with Crippen LogP contribution in [-0.2, 0) is 23.0 Å². The molecule has 0 fully saturated rings. The standard InChI is InChI=1S/C14H17N3O5S/c1-3-16-13(15-9-14(16)17(18)19)10-22-11-6-5-7-12(8-11)23(20,21)4-2/h5-9H,3-4,10H2,1-2H3. The van der Waals surface area contributed by atoms with Crippen molar-refractivity contribution in [3.8, 4) is 5.75 Å². The number of rotatable bonds is 7. The van der Waals surface area contributed by atoms with Crippen molar-refractivity contribution >= 4 is 15.7 Å². The summed E-state index contributed by atoms with van der Waals surface area (Å²) in [5.74, 6) is 0.673. The Hall–Kier alpha value is -2.42. The number of hydrogen-bond donors (Lipinski definition) is 0. The lowest BCUT2D eigenvalue weighted by Gasteiger charge is -2.07. The summed E-state index contributed by atoms with van der Waals surface area (Å²) >= 11 is 0. The molecule has 0 unspecified atom stereocenters. The highest BCUT2D eigenvalue weighted by atomic mass is 32.2. The maximum atomic E-state index is 11.9. The zero-order chi connectivity index (χ0) is 17.0. The summed E-state index contributed by atoms with van der Waals surface area (Å²) in [6.07, 6.45) is 1.18. The summed E-state index contributed by atoms with van der Waals surface area (Å²) < 4.78 is 30.7. The van der Waals surface area contributed by atoms with Gasteiger partial charge in [-0.3, -0.25) is 0 Å². The summed E-state index contributed by atoms with van der Waals surface area (Å²) in [4.78, 5) is 14.6. The van der Waals surface area contributed by atoms with Crippen LogP contribution < -0.4 is 4.74 Å². The van der Waals surface area contributed by atoms with Gasteiger partial charge in [-0.25, -0.2) is 18.0 Å². The number of imidazole rings is 1. The van der Waals surface area contributed by atoms with E-state index in [0.717, 1.165) is 0 Å². The highest BCUT2D eigenvalue weighted by Crippen LogP contribution is 2.20. The molecule has 0 aliphatic rings. The lowest BCUT2D eigenvalue weighted by molar-refractivity contribution is -0.392. The van der Waals surface area contributed by atoms with E-state index < -0.39 is 14.8 Å². The second-order valence-corrected chi connectivity index (χ2v) is 6.98. The van der Waals surface area contributed by atoms with E-state index in [2.05, 4.69) is 4.98 Å². The Labute approximate surface area is 133 Å². The van der Waals surface area contributed by atoms with E-state index in [-0.39, 0.29) is 23.1 Å². The number of sulfone groups is 1. The van der Waals surface area contributed by atoms with Crippen molar-refractivity contribution in [3.63, 3.8) is 0 Å². The molecule has 0 spiro atoms. The van der Waals surface area contributed by atoms with Gasteiger partial charge in [-0.05, 0) is 30.0 Å². The van der Waals surface area contributed by atoms with Gasteiger partial charge in [0.05, 0.1) is 17.2 Å². The fourth-order valence-electron chi connectivity index (χ4n) is 2.08. The largest absolute Gasteiger partial charge is 0.483 e. The maximum Gasteiger partial charge on any atom is 0.342 e. The first-order chi connectivity index (χ1) is 10.9. The van der Waals surface area contributed by atoms with Crippen molar-refractivity contribution in [1.29, 1.82) is 0 Å². The Bertz CT molecular complexity index is 814. The van der Waals surface area contributed by atoms with Crippen molar-refractivity contribution in [2.75, 3.05) is 5.75 Å². The van der Waals surface area contributed by atoms with Gasteiger partial charge < -0.3 is 14.9 Å². The Kier molecular flexibility index (Phi) is 4.99. The van der Waals surface area contributed by atoms with Gasteiger partial charge in [-0.2, -0.15) is 0 Å². The molecule has 1 aromatic carbocycles. The van der Waals surface area contributed by atoms with Crippen molar-refractivity contribution < 1.29 is 18.1 Å². The monoisotopic (exact) mass is 339 g/mol. The first kappa shape index (κ1) is 16.9.